The van der Waals surface area contributed by atoms with Crippen molar-refractivity contribution in [1.29, 1.82) is 0 Å². The average molecular weight is 252 g/mol. The molecule has 1 amide bonds. The van der Waals surface area contributed by atoms with Gasteiger partial charge >= 0.3 is 0 Å². The summed E-state index contributed by atoms with van der Waals surface area (Å²) in [6.45, 7) is 6.79. The molecule has 0 aromatic heterocycles. The molecule has 1 aromatic rings. The van der Waals surface area contributed by atoms with Gasteiger partial charge in [0.15, 0.2) is 0 Å². The molecule has 0 saturated carbocycles. The lowest BCUT2D eigenvalue weighted by Crippen LogP contribution is -2.40. The van der Waals surface area contributed by atoms with E-state index in [0.29, 0.717) is 18.3 Å². The zero-order valence-corrected chi connectivity index (χ0v) is 11.2. The quantitative estimate of drug-likeness (QED) is 0.844. The molecule has 100 valence electrons. The van der Waals surface area contributed by atoms with E-state index in [1.165, 1.54) is 12.1 Å². The largest absolute Gasteiger partial charge is 0.311 e. The first-order chi connectivity index (χ1) is 8.58. The standard InChI is InChI=1S/C14H21FN2O/c1-4-11(3)16-10-14(18)17(5-2)13-8-6-7-12(15)9-13/h6-9,11,16H,4-5,10H2,1-3H3. The maximum Gasteiger partial charge on any atom is 0.240 e. The van der Waals surface area contributed by atoms with Gasteiger partial charge in [-0.25, -0.2) is 4.39 Å². The zero-order valence-electron chi connectivity index (χ0n) is 11.2. The summed E-state index contributed by atoms with van der Waals surface area (Å²) in [7, 11) is 0. The van der Waals surface area contributed by atoms with Gasteiger partial charge in [-0.2, -0.15) is 0 Å². The molecule has 0 aliphatic rings. The predicted molar refractivity (Wildman–Crippen MR) is 72.2 cm³/mol. The Hall–Kier alpha value is -1.42. The molecule has 0 heterocycles. The number of hydrogen-bond donors (Lipinski definition) is 1. The van der Waals surface area contributed by atoms with E-state index in [4.69, 9.17) is 0 Å². The van der Waals surface area contributed by atoms with Crippen LogP contribution in [0.25, 0.3) is 0 Å². The first kappa shape index (κ1) is 14.6. The Bertz CT molecular complexity index is 395. The van der Waals surface area contributed by atoms with E-state index in [2.05, 4.69) is 12.2 Å². The van der Waals surface area contributed by atoms with Crippen molar-refractivity contribution >= 4 is 11.6 Å². The number of carbonyl (C=O) groups is 1. The van der Waals surface area contributed by atoms with Gasteiger partial charge in [0.05, 0.1) is 6.54 Å². The number of rotatable bonds is 6. The number of hydrogen-bond acceptors (Lipinski definition) is 2. The van der Waals surface area contributed by atoms with Gasteiger partial charge < -0.3 is 10.2 Å². The Morgan fingerprint density at radius 1 is 1.44 bits per heavy atom. The highest BCUT2D eigenvalue weighted by Crippen LogP contribution is 2.15. The molecule has 0 spiro atoms. The maximum atomic E-state index is 13.1. The molecule has 1 atom stereocenters. The Labute approximate surface area is 108 Å². The van der Waals surface area contributed by atoms with Gasteiger partial charge in [0.2, 0.25) is 5.91 Å². The van der Waals surface area contributed by atoms with Crippen molar-refractivity contribution in [2.24, 2.45) is 0 Å². The second-order valence-corrected chi connectivity index (χ2v) is 4.31. The van der Waals surface area contributed by atoms with Gasteiger partial charge in [-0.05, 0) is 38.5 Å². The molecule has 0 fully saturated rings. The van der Waals surface area contributed by atoms with E-state index in [0.717, 1.165) is 6.42 Å². The summed E-state index contributed by atoms with van der Waals surface area (Å²) < 4.78 is 13.1. The van der Waals surface area contributed by atoms with Crippen LogP contribution in [0.3, 0.4) is 0 Å². The Morgan fingerprint density at radius 2 is 2.17 bits per heavy atom. The minimum atomic E-state index is -0.325. The third kappa shape index (κ3) is 4.11. The summed E-state index contributed by atoms with van der Waals surface area (Å²) >= 11 is 0. The van der Waals surface area contributed by atoms with Crippen molar-refractivity contribution in [3.63, 3.8) is 0 Å². The van der Waals surface area contributed by atoms with E-state index >= 15 is 0 Å². The normalized spacial score (nSPS) is 12.2. The van der Waals surface area contributed by atoms with Crippen molar-refractivity contribution in [3.8, 4) is 0 Å². The monoisotopic (exact) mass is 252 g/mol. The first-order valence-corrected chi connectivity index (χ1v) is 6.37. The molecular weight excluding hydrogens is 231 g/mol. The lowest BCUT2D eigenvalue weighted by Gasteiger charge is -2.22. The van der Waals surface area contributed by atoms with Crippen molar-refractivity contribution < 1.29 is 9.18 Å². The zero-order chi connectivity index (χ0) is 13.5. The minimum absolute atomic E-state index is 0.0385. The second kappa shape index (κ2) is 7.11. The summed E-state index contributed by atoms with van der Waals surface area (Å²) in [6.07, 6.45) is 0.972. The average Bonchev–Trinajstić information content (AvgIpc) is 2.37. The fourth-order valence-corrected chi connectivity index (χ4v) is 1.65. The van der Waals surface area contributed by atoms with Crippen molar-refractivity contribution in [1.82, 2.24) is 5.32 Å². The molecule has 4 heteroatoms. The van der Waals surface area contributed by atoms with Gasteiger partial charge in [-0.15, -0.1) is 0 Å². The Balaban J connectivity index is 2.68. The highest BCUT2D eigenvalue weighted by Gasteiger charge is 2.14. The van der Waals surface area contributed by atoms with Gasteiger partial charge in [0.25, 0.3) is 0 Å². The molecule has 0 aliphatic carbocycles. The van der Waals surface area contributed by atoms with E-state index in [-0.39, 0.29) is 18.3 Å². The van der Waals surface area contributed by atoms with Gasteiger partial charge in [-0.1, -0.05) is 13.0 Å². The lowest BCUT2D eigenvalue weighted by atomic mass is 10.2. The maximum absolute atomic E-state index is 13.1. The van der Waals surface area contributed by atoms with Crippen LogP contribution in [0.5, 0.6) is 0 Å². The number of likely N-dealkylation sites (N-methyl/N-ethyl adjacent to an activating group) is 1. The van der Waals surface area contributed by atoms with Crippen molar-refractivity contribution in [2.45, 2.75) is 33.2 Å². The fourth-order valence-electron chi connectivity index (χ4n) is 1.65. The molecule has 1 rings (SSSR count). The van der Waals surface area contributed by atoms with E-state index in [1.54, 1.807) is 17.0 Å². The molecule has 18 heavy (non-hydrogen) atoms. The molecule has 1 aromatic carbocycles. The summed E-state index contributed by atoms with van der Waals surface area (Å²) in [5.74, 6) is -0.364. The summed E-state index contributed by atoms with van der Waals surface area (Å²) in [5, 5.41) is 3.15. The van der Waals surface area contributed by atoms with Crippen LogP contribution in [0.4, 0.5) is 10.1 Å². The number of anilines is 1. The van der Waals surface area contributed by atoms with E-state index < -0.39 is 0 Å². The SMILES string of the molecule is CCC(C)NCC(=O)N(CC)c1cccc(F)c1. The third-order valence-electron chi connectivity index (χ3n) is 2.95. The topological polar surface area (TPSA) is 32.3 Å². The number of nitrogens with zero attached hydrogens (tertiary/aromatic N) is 1. The summed E-state index contributed by atoms with van der Waals surface area (Å²) in [5.41, 5.74) is 0.605. The predicted octanol–water partition coefficient (Wildman–Crippen LogP) is 2.57. The molecule has 0 saturated heterocycles. The Kier molecular flexibility index (Phi) is 5.78. The van der Waals surface area contributed by atoms with Crippen LogP contribution >= 0.6 is 0 Å². The number of halogens is 1. The van der Waals surface area contributed by atoms with Crippen molar-refractivity contribution in [2.75, 3.05) is 18.0 Å². The smallest absolute Gasteiger partial charge is 0.240 e. The number of nitrogens with one attached hydrogen (secondary N) is 1. The van der Waals surface area contributed by atoms with Crippen LogP contribution in [0.15, 0.2) is 24.3 Å². The summed E-state index contributed by atoms with van der Waals surface area (Å²) in [4.78, 5) is 13.6. The van der Waals surface area contributed by atoms with Crippen molar-refractivity contribution in [3.05, 3.63) is 30.1 Å². The molecule has 0 aliphatic heterocycles. The molecule has 3 nitrogen and oxygen atoms in total. The third-order valence-corrected chi connectivity index (χ3v) is 2.95. The van der Waals surface area contributed by atoms with Crippen LogP contribution in [-0.2, 0) is 4.79 Å². The van der Waals surface area contributed by atoms with Crippen LogP contribution < -0.4 is 10.2 Å². The highest BCUT2D eigenvalue weighted by molar-refractivity contribution is 5.94. The lowest BCUT2D eigenvalue weighted by molar-refractivity contribution is -0.117. The summed E-state index contributed by atoms with van der Waals surface area (Å²) in [6, 6.07) is 6.42. The molecule has 1 N–H and O–H groups in total. The highest BCUT2D eigenvalue weighted by atomic mass is 19.1. The number of amides is 1. The fraction of sp³-hybridized carbons (Fsp3) is 0.500. The van der Waals surface area contributed by atoms with E-state index in [1.807, 2.05) is 13.8 Å². The molecular formula is C14H21FN2O. The van der Waals surface area contributed by atoms with Gasteiger partial charge in [0, 0.05) is 18.3 Å². The molecule has 0 radical (unpaired) electrons. The van der Waals surface area contributed by atoms with E-state index in [9.17, 15) is 9.18 Å². The second-order valence-electron chi connectivity index (χ2n) is 4.31. The van der Waals surface area contributed by atoms with Gasteiger partial charge in [-0.3, -0.25) is 4.79 Å². The molecule has 1 unspecified atom stereocenters. The van der Waals surface area contributed by atoms with Crippen LogP contribution in [0.2, 0.25) is 0 Å². The van der Waals surface area contributed by atoms with Gasteiger partial charge in [0.1, 0.15) is 5.82 Å². The first-order valence-electron chi connectivity index (χ1n) is 6.37. The number of carbonyl (C=O) groups excluding carboxylic acids is 1. The van der Waals surface area contributed by atoms with Crippen LogP contribution in [-0.4, -0.2) is 25.0 Å². The molecule has 0 bridgehead atoms. The van der Waals surface area contributed by atoms with Crippen LogP contribution in [0.1, 0.15) is 27.2 Å². The van der Waals surface area contributed by atoms with Crippen LogP contribution in [0, 0.1) is 5.82 Å². The Morgan fingerprint density at radius 3 is 2.72 bits per heavy atom. The number of benzene rings is 1. The minimum Gasteiger partial charge on any atom is -0.311 e.